The summed E-state index contributed by atoms with van der Waals surface area (Å²) in [6.07, 6.45) is 2.79. The molecule has 0 radical (unpaired) electrons. The third kappa shape index (κ3) is 2.23. The predicted octanol–water partition coefficient (Wildman–Crippen LogP) is 2.22. The Morgan fingerprint density at radius 1 is 1.69 bits per heavy atom. The van der Waals surface area contributed by atoms with Crippen molar-refractivity contribution in [3.8, 4) is 0 Å². The van der Waals surface area contributed by atoms with Crippen molar-refractivity contribution < 1.29 is 0 Å². The molecular weight excluding hydrogens is 180 g/mol. The monoisotopic (exact) mass is 196 g/mol. The molecule has 2 nitrogen and oxygen atoms in total. The number of nitrogens with one attached hydrogen (secondary N) is 1. The van der Waals surface area contributed by atoms with Gasteiger partial charge >= 0.3 is 0 Å². The smallest absolute Gasteiger partial charge is 0.0468 e. The highest BCUT2D eigenvalue weighted by atomic mass is 32.1. The van der Waals surface area contributed by atoms with Gasteiger partial charge in [-0.05, 0) is 37.1 Å². The van der Waals surface area contributed by atoms with Crippen LogP contribution in [0.5, 0.6) is 0 Å². The van der Waals surface area contributed by atoms with Crippen LogP contribution in [0.2, 0.25) is 0 Å². The molecule has 1 heterocycles. The molecule has 1 atom stereocenters. The van der Waals surface area contributed by atoms with Crippen LogP contribution >= 0.6 is 11.3 Å². The number of nitrogens with two attached hydrogens (primary N) is 1. The first-order chi connectivity index (χ1) is 6.27. The van der Waals surface area contributed by atoms with E-state index in [0.717, 1.165) is 18.2 Å². The molecule has 0 aliphatic heterocycles. The minimum atomic E-state index is 0.654. The van der Waals surface area contributed by atoms with Crippen LogP contribution in [-0.4, -0.2) is 6.04 Å². The van der Waals surface area contributed by atoms with E-state index < -0.39 is 0 Å². The lowest BCUT2D eigenvalue weighted by Gasteiger charge is -2.11. The maximum absolute atomic E-state index is 5.79. The molecule has 0 amide bonds. The van der Waals surface area contributed by atoms with Crippen LogP contribution in [0.3, 0.4) is 0 Å². The van der Waals surface area contributed by atoms with Crippen molar-refractivity contribution in [3.63, 3.8) is 0 Å². The van der Waals surface area contributed by atoms with Crippen LogP contribution in [0, 0.1) is 5.92 Å². The molecule has 1 unspecified atom stereocenters. The number of rotatable bonds is 4. The van der Waals surface area contributed by atoms with Crippen molar-refractivity contribution in [2.45, 2.75) is 32.4 Å². The molecule has 1 fully saturated rings. The molecule has 72 valence electrons. The van der Waals surface area contributed by atoms with Crippen molar-refractivity contribution in [1.29, 1.82) is 0 Å². The summed E-state index contributed by atoms with van der Waals surface area (Å²) in [6.45, 7) is 3.20. The van der Waals surface area contributed by atoms with Crippen molar-refractivity contribution in [2.24, 2.45) is 5.92 Å². The Labute approximate surface area is 83.1 Å². The zero-order chi connectivity index (χ0) is 9.26. The van der Waals surface area contributed by atoms with Gasteiger partial charge in [-0.1, -0.05) is 0 Å². The fourth-order valence-electron chi connectivity index (χ4n) is 1.51. The second-order valence-corrected chi connectivity index (χ2v) is 4.81. The van der Waals surface area contributed by atoms with Gasteiger partial charge in [-0.25, -0.2) is 0 Å². The zero-order valence-corrected chi connectivity index (χ0v) is 8.73. The molecule has 1 aromatic heterocycles. The average molecular weight is 196 g/mol. The summed E-state index contributed by atoms with van der Waals surface area (Å²) in [5.41, 5.74) is 6.72. The van der Waals surface area contributed by atoms with Crippen LogP contribution < -0.4 is 11.1 Å². The highest BCUT2D eigenvalue weighted by Gasteiger charge is 2.27. The van der Waals surface area contributed by atoms with Crippen molar-refractivity contribution in [2.75, 3.05) is 5.73 Å². The fourth-order valence-corrected chi connectivity index (χ4v) is 2.26. The molecule has 1 saturated carbocycles. The SMILES string of the molecule is CC(NCc1sccc1N)C1CC1. The van der Waals surface area contributed by atoms with E-state index in [9.17, 15) is 0 Å². The van der Waals surface area contributed by atoms with Gasteiger partial charge in [0.2, 0.25) is 0 Å². The van der Waals surface area contributed by atoms with Gasteiger partial charge in [-0.3, -0.25) is 0 Å². The van der Waals surface area contributed by atoms with E-state index in [4.69, 9.17) is 5.73 Å². The third-order valence-corrected chi connectivity index (χ3v) is 3.63. The van der Waals surface area contributed by atoms with Gasteiger partial charge in [0.1, 0.15) is 0 Å². The van der Waals surface area contributed by atoms with Gasteiger partial charge in [0.15, 0.2) is 0 Å². The van der Waals surface area contributed by atoms with E-state index in [2.05, 4.69) is 12.2 Å². The Kier molecular flexibility index (Phi) is 2.56. The molecule has 2 rings (SSSR count). The normalized spacial score (nSPS) is 18.8. The van der Waals surface area contributed by atoms with Crippen LogP contribution in [0.15, 0.2) is 11.4 Å². The largest absolute Gasteiger partial charge is 0.398 e. The number of anilines is 1. The summed E-state index contributed by atoms with van der Waals surface area (Å²) >= 11 is 1.74. The first-order valence-electron chi connectivity index (χ1n) is 4.82. The molecule has 1 aromatic rings. The Balaban J connectivity index is 1.81. The van der Waals surface area contributed by atoms with Crippen molar-refractivity contribution in [3.05, 3.63) is 16.3 Å². The molecule has 1 aliphatic carbocycles. The molecule has 3 N–H and O–H groups in total. The maximum atomic E-state index is 5.79. The Bertz CT molecular complexity index is 278. The van der Waals surface area contributed by atoms with Gasteiger partial charge < -0.3 is 11.1 Å². The molecule has 0 spiro atoms. The van der Waals surface area contributed by atoms with E-state index in [-0.39, 0.29) is 0 Å². The summed E-state index contributed by atoms with van der Waals surface area (Å²) in [5.74, 6) is 0.918. The Hall–Kier alpha value is -0.540. The van der Waals surface area contributed by atoms with Gasteiger partial charge in [0.25, 0.3) is 0 Å². The van der Waals surface area contributed by atoms with Crippen LogP contribution in [-0.2, 0) is 6.54 Å². The topological polar surface area (TPSA) is 38.0 Å². The minimum absolute atomic E-state index is 0.654. The molecule has 3 heteroatoms. The Morgan fingerprint density at radius 2 is 2.46 bits per heavy atom. The number of thiophene rings is 1. The van der Waals surface area contributed by atoms with E-state index >= 15 is 0 Å². The number of nitrogen functional groups attached to an aromatic ring is 1. The molecular formula is C10H16N2S. The van der Waals surface area contributed by atoms with Crippen molar-refractivity contribution in [1.82, 2.24) is 5.32 Å². The lowest BCUT2D eigenvalue weighted by atomic mass is 10.2. The summed E-state index contributed by atoms with van der Waals surface area (Å²) in [6, 6.07) is 2.63. The standard InChI is InChI=1S/C10H16N2S/c1-7(8-2-3-8)12-6-10-9(11)4-5-13-10/h4-5,7-8,12H,2-3,6,11H2,1H3. The number of hydrogen-bond donors (Lipinski definition) is 2. The van der Waals surface area contributed by atoms with Crippen LogP contribution in [0.25, 0.3) is 0 Å². The summed E-state index contributed by atoms with van der Waals surface area (Å²) in [7, 11) is 0. The molecule has 0 saturated heterocycles. The molecule has 0 aromatic carbocycles. The zero-order valence-electron chi connectivity index (χ0n) is 7.92. The first kappa shape index (κ1) is 9.03. The minimum Gasteiger partial charge on any atom is -0.398 e. The molecule has 1 aliphatic rings. The van der Waals surface area contributed by atoms with Gasteiger partial charge in [-0.2, -0.15) is 0 Å². The third-order valence-electron chi connectivity index (χ3n) is 2.69. The summed E-state index contributed by atoms with van der Waals surface area (Å²) < 4.78 is 0. The second-order valence-electron chi connectivity index (χ2n) is 3.81. The second kappa shape index (κ2) is 3.68. The maximum Gasteiger partial charge on any atom is 0.0468 e. The number of hydrogen-bond acceptors (Lipinski definition) is 3. The van der Waals surface area contributed by atoms with Crippen molar-refractivity contribution >= 4 is 17.0 Å². The van der Waals surface area contributed by atoms with E-state index in [1.165, 1.54) is 17.7 Å². The van der Waals surface area contributed by atoms with E-state index in [1.807, 2.05) is 11.4 Å². The highest BCUT2D eigenvalue weighted by molar-refractivity contribution is 7.10. The summed E-state index contributed by atoms with van der Waals surface area (Å²) in [5, 5.41) is 5.57. The van der Waals surface area contributed by atoms with Crippen LogP contribution in [0.4, 0.5) is 5.69 Å². The van der Waals surface area contributed by atoms with Gasteiger partial charge in [-0.15, -0.1) is 11.3 Å². The predicted molar refractivity (Wildman–Crippen MR) is 57.8 cm³/mol. The Morgan fingerprint density at radius 3 is 3.00 bits per heavy atom. The molecule has 0 bridgehead atoms. The van der Waals surface area contributed by atoms with Crippen LogP contribution in [0.1, 0.15) is 24.6 Å². The highest BCUT2D eigenvalue weighted by Crippen LogP contribution is 2.32. The van der Waals surface area contributed by atoms with E-state index in [0.29, 0.717) is 6.04 Å². The fraction of sp³-hybridized carbons (Fsp3) is 0.600. The average Bonchev–Trinajstić information content (AvgIpc) is 2.88. The quantitative estimate of drug-likeness (QED) is 0.775. The first-order valence-corrected chi connectivity index (χ1v) is 5.70. The molecule has 13 heavy (non-hydrogen) atoms. The lowest BCUT2D eigenvalue weighted by Crippen LogP contribution is -2.27. The van der Waals surface area contributed by atoms with Gasteiger partial charge in [0, 0.05) is 23.2 Å². The van der Waals surface area contributed by atoms with Gasteiger partial charge in [0.05, 0.1) is 0 Å². The van der Waals surface area contributed by atoms with E-state index in [1.54, 1.807) is 11.3 Å². The summed E-state index contributed by atoms with van der Waals surface area (Å²) in [4.78, 5) is 1.27. The lowest BCUT2D eigenvalue weighted by molar-refractivity contribution is 0.499.